The maximum Gasteiger partial charge on any atom is 0.355 e. The number of nitrogen functional groups attached to an aromatic ring is 1. The second kappa shape index (κ2) is 5.44. The van der Waals surface area contributed by atoms with E-state index in [9.17, 15) is 9.18 Å². The summed E-state index contributed by atoms with van der Waals surface area (Å²) in [7, 11) is 1.70. The van der Waals surface area contributed by atoms with Crippen LogP contribution < -0.4 is 5.73 Å². The van der Waals surface area contributed by atoms with E-state index in [-0.39, 0.29) is 12.4 Å². The third-order valence-corrected chi connectivity index (χ3v) is 2.99. The zero-order chi connectivity index (χ0) is 14.0. The largest absolute Gasteiger partial charge is 0.456 e. The van der Waals surface area contributed by atoms with E-state index in [2.05, 4.69) is 15.9 Å². The van der Waals surface area contributed by atoms with Crippen LogP contribution in [0.25, 0.3) is 0 Å². The van der Waals surface area contributed by atoms with Gasteiger partial charge in [0.05, 0.1) is 5.69 Å². The lowest BCUT2D eigenvalue weighted by Gasteiger charge is -2.06. The molecule has 0 unspecified atom stereocenters. The Kier molecular flexibility index (Phi) is 3.90. The quantitative estimate of drug-likeness (QED) is 0.882. The first-order valence-corrected chi connectivity index (χ1v) is 6.29. The number of benzene rings is 1. The minimum absolute atomic E-state index is 0.000276. The molecule has 0 aliphatic heterocycles. The number of aryl methyl sites for hydroxylation is 1. The number of carbonyl (C=O) groups excluding carboxylic acids is 1. The first kappa shape index (κ1) is 13.6. The highest BCUT2D eigenvalue weighted by Gasteiger charge is 2.12. The van der Waals surface area contributed by atoms with Crippen molar-refractivity contribution in [1.29, 1.82) is 0 Å². The van der Waals surface area contributed by atoms with Crippen LogP contribution in [0.4, 0.5) is 10.1 Å². The summed E-state index contributed by atoms with van der Waals surface area (Å²) in [6, 6.07) is 5.88. The summed E-state index contributed by atoms with van der Waals surface area (Å²) in [4.78, 5) is 11.8. The van der Waals surface area contributed by atoms with Gasteiger partial charge in [-0.15, -0.1) is 0 Å². The second-order valence-electron chi connectivity index (χ2n) is 4.12. The lowest BCUT2D eigenvalue weighted by Crippen LogP contribution is -2.09. The molecular weight excluding hydrogens is 315 g/mol. The van der Waals surface area contributed by atoms with Crippen LogP contribution in [0.2, 0.25) is 0 Å². The zero-order valence-electron chi connectivity index (χ0n) is 10.2. The fraction of sp³-hybridized carbons (Fsp3) is 0.154. The van der Waals surface area contributed by atoms with Crippen molar-refractivity contribution in [3.05, 3.63) is 52.0 Å². The van der Waals surface area contributed by atoms with E-state index in [1.165, 1.54) is 18.2 Å². The summed E-state index contributed by atoms with van der Waals surface area (Å²) >= 11 is 3.18. The average Bonchev–Trinajstić information content (AvgIpc) is 2.64. The average molecular weight is 327 g/mol. The van der Waals surface area contributed by atoms with Crippen molar-refractivity contribution >= 4 is 27.6 Å². The molecule has 2 aromatic rings. The Morgan fingerprint density at radius 1 is 1.42 bits per heavy atom. The molecule has 19 heavy (non-hydrogen) atoms. The Hall–Kier alpha value is -1.82. The SMILES string of the molecule is Cn1cc(N)cc1C(=O)OCc1cc(F)cc(Br)c1. The van der Waals surface area contributed by atoms with Gasteiger partial charge in [0.25, 0.3) is 0 Å². The number of anilines is 1. The molecule has 0 spiro atoms. The molecule has 2 N–H and O–H groups in total. The van der Waals surface area contributed by atoms with Crippen LogP contribution >= 0.6 is 15.9 Å². The fourth-order valence-corrected chi connectivity index (χ4v) is 2.22. The van der Waals surface area contributed by atoms with Gasteiger partial charge >= 0.3 is 5.97 Å². The zero-order valence-corrected chi connectivity index (χ0v) is 11.8. The molecule has 6 heteroatoms. The highest BCUT2D eigenvalue weighted by molar-refractivity contribution is 9.10. The van der Waals surface area contributed by atoms with Crippen LogP contribution in [0.5, 0.6) is 0 Å². The van der Waals surface area contributed by atoms with Gasteiger partial charge in [-0.05, 0) is 29.8 Å². The number of nitrogens with two attached hydrogens (primary N) is 1. The summed E-state index contributed by atoms with van der Waals surface area (Å²) in [6.45, 7) is 0.000276. The van der Waals surface area contributed by atoms with E-state index in [4.69, 9.17) is 10.5 Å². The van der Waals surface area contributed by atoms with E-state index >= 15 is 0 Å². The summed E-state index contributed by atoms with van der Waals surface area (Å²) in [5.74, 6) is -0.886. The van der Waals surface area contributed by atoms with Crippen LogP contribution in [0.3, 0.4) is 0 Å². The van der Waals surface area contributed by atoms with Crippen molar-refractivity contribution in [3.63, 3.8) is 0 Å². The van der Waals surface area contributed by atoms with E-state index in [1.807, 2.05) is 0 Å². The van der Waals surface area contributed by atoms with Crippen LogP contribution in [-0.4, -0.2) is 10.5 Å². The number of carbonyl (C=O) groups is 1. The summed E-state index contributed by atoms with van der Waals surface area (Å²) < 4.78 is 20.4. The first-order valence-electron chi connectivity index (χ1n) is 5.49. The number of rotatable bonds is 3. The Morgan fingerprint density at radius 3 is 2.74 bits per heavy atom. The molecule has 1 aromatic heterocycles. The van der Waals surface area contributed by atoms with Crippen molar-refractivity contribution < 1.29 is 13.9 Å². The molecule has 0 fully saturated rings. The number of ether oxygens (including phenoxy) is 1. The predicted molar refractivity (Wildman–Crippen MR) is 73.0 cm³/mol. The fourth-order valence-electron chi connectivity index (χ4n) is 1.71. The number of hydrogen-bond donors (Lipinski definition) is 1. The smallest absolute Gasteiger partial charge is 0.355 e. The summed E-state index contributed by atoms with van der Waals surface area (Å²) in [5, 5.41) is 0. The van der Waals surface area contributed by atoms with E-state index in [1.54, 1.807) is 23.9 Å². The molecule has 0 aliphatic rings. The Bertz CT molecular complexity index is 605. The lowest BCUT2D eigenvalue weighted by molar-refractivity contribution is 0.0461. The molecule has 0 aliphatic carbocycles. The van der Waals surface area contributed by atoms with Crippen molar-refractivity contribution in [1.82, 2.24) is 4.57 Å². The molecule has 1 heterocycles. The maximum atomic E-state index is 13.2. The number of nitrogens with zero attached hydrogens (tertiary/aromatic N) is 1. The molecule has 0 amide bonds. The lowest BCUT2D eigenvalue weighted by atomic mass is 10.2. The minimum Gasteiger partial charge on any atom is -0.456 e. The molecule has 0 radical (unpaired) electrons. The van der Waals surface area contributed by atoms with Crippen molar-refractivity contribution in [2.45, 2.75) is 6.61 Å². The summed E-state index contributed by atoms with van der Waals surface area (Å²) in [6.07, 6.45) is 1.62. The number of hydrogen-bond acceptors (Lipinski definition) is 3. The minimum atomic E-state index is -0.500. The first-order chi connectivity index (χ1) is 8.95. The molecule has 0 atom stereocenters. The number of esters is 1. The van der Waals surface area contributed by atoms with Crippen LogP contribution in [-0.2, 0) is 18.4 Å². The standard InChI is InChI=1S/C13H12BrFN2O2/c1-17-6-11(16)5-12(17)13(18)19-7-8-2-9(14)4-10(15)3-8/h2-6H,7,16H2,1H3. The highest BCUT2D eigenvalue weighted by Crippen LogP contribution is 2.16. The summed E-state index contributed by atoms with van der Waals surface area (Å²) in [5.41, 5.74) is 6.99. The van der Waals surface area contributed by atoms with Gasteiger partial charge in [0.15, 0.2) is 0 Å². The normalized spacial score (nSPS) is 10.5. The molecule has 0 bridgehead atoms. The van der Waals surface area contributed by atoms with Crippen molar-refractivity contribution in [2.24, 2.45) is 7.05 Å². The Labute approximate surface area is 118 Å². The molecule has 100 valence electrons. The molecule has 0 saturated heterocycles. The van der Waals surface area contributed by atoms with Gasteiger partial charge in [-0.25, -0.2) is 9.18 Å². The van der Waals surface area contributed by atoms with E-state index in [0.717, 1.165) is 0 Å². The van der Waals surface area contributed by atoms with E-state index in [0.29, 0.717) is 21.4 Å². The van der Waals surface area contributed by atoms with Gasteiger partial charge in [0.1, 0.15) is 18.1 Å². The number of aromatic nitrogens is 1. The van der Waals surface area contributed by atoms with Gasteiger partial charge in [-0.3, -0.25) is 0 Å². The Morgan fingerprint density at radius 2 is 2.16 bits per heavy atom. The van der Waals surface area contributed by atoms with Crippen LogP contribution in [0.15, 0.2) is 34.9 Å². The van der Waals surface area contributed by atoms with Gasteiger partial charge in [0, 0.05) is 17.7 Å². The topological polar surface area (TPSA) is 57.2 Å². The van der Waals surface area contributed by atoms with Gasteiger partial charge in [0.2, 0.25) is 0 Å². The van der Waals surface area contributed by atoms with Crippen molar-refractivity contribution in [2.75, 3.05) is 5.73 Å². The monoisotopic (exact) mass is 326 g/mol. The molecular formula is C13H12BrFN2O2. The van der Waals surface area contributed by atoms with Gasteiger partial charge in [-0.2, -0.15) is 0 Å². The van der Waals surface area contributed by atoms with Gasteiger partial charge < -0.3 is 15.0 Å². The number of halogens is 2. The van der Waals surface area contributed by atoms with Crippen LogP contribution in [0, 0.1) is 5.82 Å². The Balaban J connectivity index is 2.06. The predicted octanol–water partition coefficient (Wildman–Crippen LogP) is 2.87. The third kappa shape index (κ3) is 3.35. The van der Waals surface area contributed by atoms with E-state index < -0.39 is 5.97 Å². The van der Waals surface area contributed by atoms with Crippen molar-refractivity contribution in [3.8, 4) is 0 Å². The van der Waals surface area contributed by atoms with Crippen LogP contribution in [0.1, 0.15) is 16.1 Å². The van der Waals surface area contributed by atoms with Gasteiger partial charge in [-0.1, -0.05) is 15.9 Å². The molecule has 1 aromatic carbocycles. The molecule has 2 rings (SSSR count). The maximum absolute atomic E-state index is 13.2. The third-order valence-electron chi connectivity index (χ3n) is 2.53. The molecule has 4 nitrogen and oxygen atoms in total. The molecule has 0 saturated carbocycles. The highest BCUT2D eigenvalue weighted by atomic mass is 79.9. The second-order valence-corrected chi connectivity index (χ2v) is 5.04.